The van der Waals surface area contributed by atoms with Gasteiger partial charge in [0.1, 0.15) is 11.8 Å². The van der Waals surface area contributed by atoms with Gasteiger partial charge in [0.2, 0.25) is 0 Å². The summed E-state index contributed by atoms with van der Waals surface area (Å²) in [7, 11) is 3.10. The van der Waals surface area contributed by atoms with Crippen LogP contribution in [0.5, 0.6) is 5.75 Å². The highest BCUT2D eigenvalue weighted by atomic mass is 16.5. The van der Waals surface area contributed by atoms with E-state index in [9.17, 15) is 4.79 Å². The van der Waals surface area contributed by atoms with E-state index in [2.05, 4.69) is 17.4 Å². The zero-order valence-electron chi connectivity index (χ0n) is 11.7. The molecular weight excluding hydrogens is 242 g/mol. The van der Waals surface area contributed by atoms with Crippen LogP contribution in [0.2, 0.25) is 0 Å². The van der Waals surface area contributed by atoms with Crippen LogP contribution in [-0.2, 0) is 22.4 Å². The van der Waals surface area contributed by atoms with Crippen LogP contribution in [0.4, 0.5) is 0 Å². The molecule has 0 aliphatic heterocycles. The van der Waals surface area contributed by atoms with Crippen molar-refractivity contribution in [2.45, 2.75) is 38.3 Å². The van der Waals surface area contributed by atoms with Gasteiger partial charge in [-0.2, -0.15) is 0 Å². The van der Waals surface area contributed by atoms with Gasteiger partial charge in [0.05, 0.1) is 14.2 Å². The Morgan fingerprint density at radius 3 is 2.84 bits per heavy atom. The van der Waals surface area contributed by atoms with E-state index in [0.717, 1.165) is 25.0 Å². The van der Waals surface area contributed by atoms with Gasteiger partial charge < -0.3 is 14.8 Å². The molecule has 0 saturated carbocycles. The SMILES string of the molecule is COC(=O)[C@H](C)NC1CCc2ccc(OC)cc2C1. The number of carbonyl (C=O) groups is 1. The molecule has 19 heavy (non-hydrogen) atoms. The van der Waals surface area contributed by atoms with E-state index in [0.29, 0.717) is 6.04 Å². The highest BCUT2D eigenvalue weighted by molar-refractivity contribution is 5.75. The topological polar surface area (TPSA) is 47.6 Å². The highest BCUT2D eigenvalue weighted by Gasteiger charge is 2.23. The smallest absolute Gasteiger partial charge is 0.322 e. The predicted octanol–water partition coefficient (Wildman–Crippen LogP) is 1.70. The molecule has 0 radical (unpaired) electrons. The number of hydrogen-bond donors (Lipinski definition) is 1. The Morgan fingerprint density at radius 1 is 1.37 bits per heavy atom. The second kappa shape index (κ2) is 6.06. The summed E-state index contributed by atoms with van der Waals surface area (Å²) in [4.78, 5) is 11.4. The van der Waals surface area contributed by atoms with Crippen LogP contribution in [-0.4, -0.2) is 32.3 Å². The number of nitrogens with one attached hydrogen (secondary N) is 1. The third-order valence-electron chi connectivity index (χ3n) is 3.68. The van der Waals surface area contributed by atoms with Gasteiger partial charge in [-0.15, -0.1) is 0 Å². The molecule has 1 N–H and O–H groups in total. The first-order valence-corrected chi connectivity index (χ1v) is 6.63. The zero-order chi connectivity index (χ0) is 13.8. The molecule has 0 heterocycles. The minimum absolute atomic E-state index is 0.212. The first-order chi connectivity index (χ1) is 9.13. The van der Waals surface area contributed by atoms with Crippen LogP contribution in [0.3, 0.4) is 0 Å². The largest absolute Gasteiger partial charge is 0.497 e. The fourth-order valence-electron chi connectivity index (χ4n) is 2.60. The van der Waals surface area contributed by atoms with Crippen LogP contribution in [0.25, 0.3) is 0 Å². The Labute approximate surface area is 114 Å². The average Bonchev–Trinajstić information content (AvgIpc) is 2.45. The van der Waals surface area contributed by atoms with Gasteiger partial charge >= 0.3 is 5.97 Å². The average molecular weight is 263 g/mol. The lowest BCUT2D eigenvalue weighted by atomic mass is 9.88. The second-order valence-electron chi connectivity index (χ2n) is 4.99. The summed E-state index contributed by atoms with van der Waals surface area (Å²) in [6.07, 6.45) is 3.00. The van der Waals surface area contributed by atoms with Gasteiger partial charge in [0.25, 0.3) is 0 Å². The number of fused-ring (bicyclic) bond motifs is 1. The molecule has 0 fully saturated rings. The second-order valence-corrected chi connectivity index (χ2v) is 4.99. The third-order valence-corrected chi connectivity index (χ3v) is 3.68. The molecule has 1 unspecified atom stereocenters. The van der Waals surface area contributed by atoms with Crippen LogP contribution < -0.4 is 10.1 Å². The highest BCUT2D eigenvalue weighted by Crippen LogP contribution is 2.25. The van der Waals surface area contributed by atoms with Crippen molar-refractivity contribution in [3.8, 4) is 5.75 Å². The van der Waals surface area contributed by atoms with E-state index in [-0.39, 0.29) is 12.0 Å². The quantitative estimate of drug-likeness (QED) is 0.840. The molecule has 1 aliphatic carbocycles. The van der Waals surface area contributed by atoms with E-state index in [1.54, 1.807) is 7.11 Å². The Hall–Kier alpha value is -1.55. The molecule has 1 aromatic rings. The fourth-order valence-corrected chi connectivity index (χ4v) is 2.60. The summed E-state index contributed by atoms with van der Waals surface area (Å²) >= 11 is 0. The van der Waals surface area contributed by atoms with Crippen LogP contribution in [0.1, 0.15) is 24.5 Å². The summed E-state index contributed by atoms with van der Waals surface area (Å²) < 4.78 is 10.00. The van der Waals surface area contributed by atoms with Crippen LogP contribution in [0.15, 0.2) is 18.2 Å². The molecular formula is C15H21NO3. The lowest BCUT2D eigenvalue weighted by Gasteiger charge is -2.27. The van der Waals surface area contributed by atoms with Crippen molar-refractivity contribution in [3.05, 3.63) is 29.3 Å². The summed E-state index contributed by atoms with van der Waals surface area (Å²) in [6, 6.07) is 6.28. The molecule has 0 aromatic heterocycles. The van der Waals surface area contributed by atoms with Crippen molar-refractivity contribution in [2.24, 2.45) is 0 Å². The van der Waals surface area contributed by atoms with Gasteiger partial charge in [0.15, 0.2) is 0 Å². The molecule has 1 aliphatic rings. The van der Waals surface area contributed by atoms with E-state index >= 15 is 0 Å². The van der Waals surface area contributed by atoms with Crippen molar-refractivity contribution in [1.82, 2.24) is 5.32 Å². The Kier molecular flexibility index (Phi) is 4.43. The first-order valence-electron chi connectivity index (χ1n) is 6.63. The first kappa shape index (κ1) is 13.9. The van der Waals surface area contributed by atoms with E-state index in [1.165, 1.54) is 18.2 Å². The Balaban J connectivity index is 2.02. The molecule has 0 spiro atoms. The maximum Gasteiger partial charge on any atom is 0.322 e. The van der Waals surface area contributed by atoms with Gasteiger partial charge in [-0.3, -0.25) is 4.79 Å². The minimum Gasteiger partial charge on any atom is -0.497 e. The number of hydrogen-bond acceptors (Lipinski definition) is 4. The predicted molar refractivity (Wildman–Crippen MR) is 73.4 cm³/mol. The van der Waals surface area contributed by atoms with Gasteiger partial charge in [-0.1, -0.05) is 6.07 Å². The molecule has 104 valence electrons. The molecule has 0 bridgehead atoms. The number of rotatable bonds is 4. The summed E-state index contributed by atoms with van der Waals surface area (Å²) in [5.74, 6) is 0.678. The van der Waals surface area contributed by atoms with Gasteiger partial charge in [0, 0.05) is 6.04 Å². The molecule has 4 nitrogen and oxygen atoms in total. The number of ether oxygens (including phenoxy) is 2. The van der Waals surface area contributed by atoms with Crippen molar-refractivity contribution >= 4 is 5.97 Å². The number of carbonyl (C=O) groups excluding carboxylic acids is 1. The lowest BCUT2D eigenvalue weighted by Crippen LogP contribution is -2.44. The fraction of sp³-hybridized carbons (Fsp3) is 0.533. The van der Waals surface area contributed by atoms with E-state index in [1.807, 2.05) is 13.0 Å². The van der Waals surface area contributed by atoms with Crippen LogP contribution in [0, 0.1) is 0 Å². The molecule has 0 amide bonds. The maximum atomic E-state index is 11.4. The summed E-state index contributed by atoms with van der Waals surface area (Å²) in [5, 5.41) is 3.33. The van der Waals surface area contributed by atoms with Gasteiger partial charge in [-0.25, -0.2) is 0 Å². The molecule has 0 saturated heterocycles. The Bertz CT molecular complexity index is 459. The molecule has 2 atom stereocenters. The third kappa shape index (κ3) is 3.26. The number of aryl methyl sites for hydroxylation is 1. The van der Waals surface area contributed by atoms with Gasteiger partial charge in [-0.05, 0) is 49.4 Å². The van der Waals surface area contributed by atoms with E-state index < -0.39 is 0 Å². The lowest BCUT2D eigenvalue weighted by molar-refractivity contribution is -0.142. The molecule has 1 aromatic carbocycles. The monoisotopic (exact) mass is 263 g/mol. The number of benzene rings is 1. The summed E-state index contributed by atoms with van der Waals surface area (Å²) in [5.41, 5.74) is 2.68. The molecule has 2 rings (SSSR count). The van der Waals surface area contributed by atoms with Crippen molar-refractivity contribution in [2.75, 3.05) is 14.2 Å². The standard InChI is InChI=1S/C15H21NO3/c1-10(15(17)19-3)16-13-6-4-11-5-7-14(18-2)9-12(11)8-13/h5,7,9-10,13,16H,4,6,8H2,1-3H3/t10-,13?/m0/s1. The number of methoxy groups -OCH3 is 2. The zero-order valence-corrected chi connectivity index (χ0v) is 11.7. The number of esters is 1. The van der Waals surface area contributed by atoms with Crippen LogP contribution >= 0.6 is 0 Å². The van der Waals surface area contributed by atoms with Crippen molar-refractivity contribution in [3.63, 3.8) is 0 Å². The van der Waals surface area contributed by atoms with Crippen molar-refractivity contribution < 1.29 is 14.3 Å². The minimum atomic E-state index is -0.262. The summed E-state index contributed by atoms with van der Waals surface area (Å²) in [6.45, 7) is 1.84. The van der Waals surface area contributed by atoms with E-state index in [4.69, 9.17) is 9.47 Å². The van der Waals surface area contributed by atoms with Crippen molar-refractivity contribution in [1.29, 1.82) is 0 Å². The maximum absolute atomic E-state index is 11.4. The molecule has 4 heteroatoms. The Morgan fingerprint density at radius 2 is 2.16 bits per heavy atom. The normalized spacial score (nSPS) is 19.4.